The summed E-state index contributed by atoms with van der Waals surface area (Å²) in [7, 11) is 0. The highest BCUT2D eigenvalue weighted by atomic mass is 35.5. The molecule has 10 heteroatoms. The Balaban J connectivity index is 0.00000242. The van der Waals surface area contributed by atoms with Gasteiger partial charge >= 0.3 is 5.95 Å². The number of halogens is 1. The van der Waals surface area contributed by atoms with Crippen LogP contribution in [0.5, 0.6) is 0 Å². The van der Waals surface area contributed by atoms with Crippen molar-refractivity contribution in [3.63, 3.8) is 0 Å². The van der Waals surface area contributed by atoms with E-state index in [-0.39, 0.29) is 24.3 Å². The molecule has 0 amide bonds. The summed E-state index contributed by atoms with van der Waals surface area (Å²) in [6, 6.07) is 1.82. The number of imidazole rings is 1. The fourth-order valence-electron chi connectivity index (χ4n) is 1.95. The average Bonchev–Trinajstić information content (AvgIpc) is 2.85. The molecule has 0 aliphatic heterocycles. The lowest BCUT2D eigenvalue weighted by atomic mass is 10.3. The van der Waals surface area contributed by atoms with Crippen LogP contribution in [-0.4, -0.2) is 31.0 Å². The molecule has 0 spiro atoms. The van der Waals surface area contributed by atoms with Crippen molar-refractivity contribution in [2.75, 3.05) is 17.6 Å². The number of nitrogens with one attached hydrogen (secondary N) is 1. The lowest BCUT2D eigenvalue weighted by Gasteiger charge is -2.06. The van der Waals surface area contributed by atoms with E-state index in [2.05, 4.69) is 20.3 Å². The molecule has 0 aliphatic carbocycles. The average molecular weight is 328 g/mol. The normalized spacial score (nSPS) is 10.0. The zero-order valence-corrected chi connectivity index (χ0v) is 12.9. The predicted octanol–water partition coefficient (Wildman–Crippen LogP) is 1.79. The quantitative estimate of drug-likeness (QED) is 0.451. The predicted molar refractivity (Wildman–Crippen MR) is 85.0 cm³/mol. The number of nitrogens with two attached hydrogens (primary N) is 1. The second-order valence-corrected chi connectivity index (χ2v) is 4.56. The molecule has 0 radical (unpaired) electrons. The summed E-state index contributed by atoms with van der Waals surface area (Å²) in [4.78, 5) is 22.0. The van der Waals surface area contributed by atoms with Gasteiger partial charge in [-0.05, 0) is 24.7 Å². The second-order valence-electron chi connectivity index (χ2n) is 4.56. The number of anilines is 2. The summed E-state index contributed by atoms with van der Waals surface area (Å²) in [6.07, 6.45) is 4.69. The maximum atomic E-state index is 10.7. The first-order valence-electron chi connectivity index (χ1n) is 6.57. The Morgan fingerprint density at radius 1 is 1.41 bits per heavy atom. The minimum Gasteiger partial charge on any atom is -0.390 e. The smallest absolute Gasteiger partial charge is 0.390 e. The van der Waals surface area contributed by atoms with Crippen LogP contribution in [0.1, 0.15) is 18.5 Å². The fourth-order valence-corrected chi connectivity index (χ4v) is 1.95. The van der Waals surface area contributed by atoms with Crippen LogP contribution < -0.4 is 11.1 Å². The molecule has 0 saturated heterocycles. The third-order valence-electron chi connectivity index (χ3n) is 2.86. The van der Waals surface area contributed by atoms with Gasteiger partial charge in [-0.1, -0.05) is 4.98 Å². The third-order valence-corrected chi connectivity index (χ3v) is 2.86. The standard InChI is InChI=1S/C12H17N7O2.ClH/c1-9-8-10(17-11(13)16-9)14-4-2-3-6-18-7-5-15-12(18)19(20)21;/h5,7-8H,2-4,6H2,1H3,(H3,13,14,16,17);1H. The van der Waals surface area contributed by atoms with Gasteiger partial charge in [-0.15, -0.1) is 12.4 Å². The molecule has 2 heterocycles. The van der Waals surface area contributed by atoms with E-state index in [9.17, 15) is 10.1 Å². The SMILES string of the molecule is Cc1cc(NCCCCn2ccnc2[N+](=O)[O-])nc(N)n1.Cl. The molecule has 3 N–H and O–H groups in total. The highest BCUT2D eigenvalue weighted by molar-refractivity contribution is 5.85. The second kappa shape index (κ2) is 8.13. The summed E-state index contributed by atoms with van der Waals surface area (Å²) >= 11 is 0. The highest BCUT2D eigenvalue weighted by Crippen LogP contribution is 2.10. The first kappa shape index (κ1) is 17.6. The number of nitro groups is 1. The van der Waals surface area contributed by atoms with Gasteiger partial charge in [-0.2, -0.15) is 4.98 Å². The highest BCUT2D eigenvalue weighted by Gasteiger charge is 2.12. The van der Waals surface area contributed by atoms with Gasteiger partial charge in [-0.3, -0.25) is 0 Å². The van der Waals surface area contributed by atoms with Crippen LogP contribution in [-0.2, 0) is 6.54 Å². The van der Waals surface area contributed by atoms with Crippen molar-refractivity contribution in [3.8, 4) is 0 Å². The maximum Gasteiger partial charge on any atom is 0.434 e. The molecule has 0 aliphatic rings. The number of aromatic nitrogens is 4. The molecule has 0 fully saturated rings. The summed E-state index contributed by atoms with van der Waals surface area (Å²) in [5.74, 6) is 0.808. The number of unbranched alkanes of at least 4 members (excludes halogenated alkanes) is 1. The van der Waals surface area contributed by atoms with Crippen LogP contribution in [0.2, 0.25) is 0 Å². The fraction of sp³-hybridized carbons (Fsp3) is 0.417. The van der Waals surface area contributed by atoms with Crippen LogP contribution in [0.4, 0.5) is 17.7 Å². The molecule has 2 rings (SSSR count). The third kappa shape index (κ3) is 4.85. The molecular weight excluding hydrogens is 310 g/mol. The molecule has 0 aromatic carbocycles. The zero-order chi connectivity index (χ0) is 15.2. The van der Waals surface area contributed by atoms with Crippen LogP contribution in [0.15, 0.2) is 18.5 Å². The molecule has 0 saturated carbocycles. The molecular formula is C12H18ClN7O2. The number of rotatable bonds is 7. The molecule has 22 heavy (non-hydrogen) atoms. The monoisotopic (exact) mass is 327 g/mol. The summed E-state index contributed by atoms with van der Waals surface area (Å²) in [5, 5.41) is 13.9. The van der Waals surface area contributed by atoms with Crippen molar-refractivity contribution in [1.82, 2.24) is 19.5 Å². The first-order chi connectivity index (χ1) is 10.1. The van der Waals surface area contributed by atoms with E-state index in [1.54, 1.807) is 6.20 Å². The van der Waals surface area contributed by atoms with Crippen molar-refractivity contribution >= 4 is 30.1 Å². The number of hydrogen-bond donors (Lipinski definition) is 2. The largest absolute Gasteiger partial charge is 0.434 e. The number of nitrogens with zero attached hydrogens (tertiary/aromatic N) is 5. The number of nitrogen functional groups attached to an aromatic ring is 1. The van der Waals surface area contributed by atoms with Crippen LogP contribution in [0, 0.1) is 17.0 Å². The van der Waals surface area contributed by atoms with Crippen molar-refractivity contribution in [2.24, 2.45) is 0 Å². The molecule has 0 atom stereocenters. The van der Waals surface area contributed by atoms with E-state index >= 15 is 0 Å². The first-order valence-corrected chi connectivity index (χ1v) is 6.57. The number of aryl methyl sites for hydroxylation is 2. The Hall–Kier alpha value is -2.42. The summed E-state index contributed by atoms with van der Waals surface area (Å²) in [6.45, 7) is 3.11. The van der Waals surface area contributed by atoms with Crippen molar-refractivity contribution in [3.05, 3.63) is 34.3 Å². The maximum absolute atomic E-state index is 10.7. The molecule has 2 aromatic heterocycles. The Labute approximate surface area is 133 Å². The van der Waals surface area contributed by atoms with Crippen LogP contribution >= 0.6 is 12.4 Å². The van der Waals surface area contributed by atoms with Gasteiger partial charge in [0.25, 0.3) is 0 Å². The van der Waals surface area contributed by atoms with E-state index < -0.39 is 4.92 Å². The van der Waals surface area contributed by atoms with Gasteiger partial charge in [0.05, 0.1) is 6.54 Å². The van der Waals surface area contributed by atoms with E-state index in [4.69, 9.17) is 5.73 Å². The van der Waals surface area contributed by atoms with Crippen molar-refractivity contribution in [2.45, 2.75) is 26.3 Å². The minimum atomic E-state index is -0.481. The van der Waals surface area contributed by atoms with Gasteiger partial charge in [0.1, 0.15) is 18.2 Å². The van der Waals surface area contributed by atoms with Crippen molar-refractivity contribution in [1.29, 1.82) is 0 Å². The molecule has 120 valence electrons. The lowest BCUT2D eigenvalue weighted by Crippen LogP contribution is -2.08. The van der Waals surface area contributed by atoms with Crippen LogP contribution in [0.3, 0.4) is 0 Å². The summed E-state index contributed by atoms with van der Waals surface area (Å²) in [5.41, 5.74) is 6.37. The topological polar surface area (TPSA) is 125 Å². The van der Waals surface area contributed by atoms with E-state index in [0.29, 0.717) is 18.9 Å². The minimum absolute atomic E-state index is 0. The van der Waals surface area contributed by atoms with Crippen LogP contribution in [0.25, 0.3) is 0 Å². The van der Waals surface area contributed by atoms with Gasteiger partial charge in [0.15, 0.2) is 0 Å². The Kier molecular flexibility index (Phi) is 6.51. The number of hydrogen-bond acceptors (Lipinski definition) is 7. The van der Waals surface area contributed by atoms with Gasteiger partial charge in [-0.25, -0.2) is 9.55 Å². The summed E-state index contributed by atoms with van der Waals surface area (Å²) < 4.78 is 1.53. The van der Waals surface area contributed by atoms with Gasteiger partial charge in [0.2, 0.25) is 5.95 Å². The van der Waals surface area contributed by atoms with E-state index in [1.807, 2.05) is 13.0 Å². The van der Waals surface area contributed by atoms with E-state index in [1.165, 1.54) is 10.8 Å². The van der Waals surface area contributed by atoms with E-state index in [0.717, 1.165) is 18.5 Å². The molecule has 9 nitrogen and oxygen atoms in total. The van der Waals surface area contributed by atoms with Gasteiger partial charge < -0.3 is 21.2 Å². The lowest BCUT2D eigenvalue weighted by molar-refractivity contribution is -0.396. The Morgan fingerprint density at radius 3 is 2.86 bits per heavy atom. The van der Waals surface area contributed by atoms with Gasteiger partial charge in [0, 0.05) is 18.3 Å². The van der Waals surface area contributed by atoms with Crippen molar-refractivity contribution < 1.29 is 4.92 Å². The molecule has 0 bridgehead atoms. The molecule has 2 aromatic rings. The molecule has 0 unspecified atom stereocenters. The Morgan fingerprint density at radius 2 is 2.18 bits per heavy atom. The zero-order valence-electron chi connectivity index (χ0n) is 12.1. The Bertz CT molecular complexity index is 611.